The van der Waals surface area contributed by atoms with Crippen LogP contribution in [-0.2, 0) is 0 Å². The molecular weight excluding hydrogens is 270 g/mol. The van der Waals surface area contributed by atoms with Gasteiger partial charge in [0.1, 0.15) is 0 Å². The maximum atomic E-state index is 5.38. The van der Waals surface area contributed by atoms with Gasteiger partial charge in [0.05, 0.1) is 27.5 Å². The molecule has 1 heterocycles. The lowest BCUT2D eigenvalue weighted by Crippen LogP contribution is -1.96. The van der Waals surface area contributed by atoms with Gasteiger partial charge in [0.2, 0.25) is 5.75 Å². The van der Waals surface area contributed by atoms with Crippen molar-refractivity contribution >= 4 is 5.57 Å². The molecule has 0 aliphatic carbocycles. The molecule has 0 fully saturated rings. The van der Waals surface area contributed by atoms with E-state index in [0.29, 0.717) is 23.0 Å². The van der Waals surface area contributed by atoms with Crippen molar-refractivity contribution in [3.63, 3.8) is 0 Å². The highest BCUT2D eigenvalue weighted by Gasteiger charge is 2.19. The average molecular weight is 289 g/mol. The number of rotatable bonds is 6. The van der Waals surface area contributed by atoms with Crippen LogP contribution in [0.2, 0.25) is 0 Å². The third-order valence-electron chi connectivity index (χ3n) is 3.31. The molecule has 0 saturated carbocycles. The maximum absolute atomic E-state index is 5.38. The van der Waals surface area contributed by atoms with Crippen molar-refractivity contribution in [2.45, 2.75) is 13.3 Å². The topological polar surface area (TPSA) is 53.7 Å². The summed E-state index contributed by atoms with van der Waals surface area (Å²) in [4.78, 5) is 0. The highest BCUT2D eigenvalue weighted by molar-refractivity contribution is 5.78. The van der Waals surface area contributed by atoms with Crippen molar-refractivity contribution in [1.82, 2.24) is 5.16 Å². The molecule has 5 heteroatoms. The molecule has 2 rings (SSSR count). The summed E-state index contributed by atoms with van der Waals surface area (Å²) in [5.41, 5.74) is 2.64. The van der Waals surface area contributed by atoms with E-state index in [1.807, 2.05) is 19.1 Å². The van der Waals surface area contributed by atoms with Crippen LogP contribution in [0.15, 0.2) is 29.4 Å². The Balaban J connectivity index is 2.60. The van der Waals surface area contributed by atoms with Crippen molar-refractivity contribution in [2.24, 2.45) is 0 Å². The molecule has 2 aromatic rings. The Hall–Kier alpha value is -2.43. The zero-order chi connectivity index (χ0) is 15.4. The molecule has 5 nitrogen and oxygen atoms in total. The molecule has 1 aromatic heterocycles. The van der Waals surface area contributed by atoms with Crippen LogP contribution in [0.5, 0.6) is 17.2 Å². The Labute approximate surface area is 124 Å². The summed E-state index contributed by atoms with van der Waals surface area (Å²) >= 11 is 0. The van der Waals surface area contributed by atoms with E-state index >= 15 is 0 Å². The van der Waals surface area contributed by atoms with Gasteiger partial charge in [0.25, 0.3) is 0 Å². The first-order valence-electron chi connectivity index (χ1n) is 6.59. The number of nitrogens with zero attached hydrogens (tertiary/aromatic N) is 1. The number of methoxy groups -OCH3 is 3. The Morgan fingerprint density at radius 3 is 2.24 bits per heavy atom. The summed E-state index contributed by atoms with van der Waals surface area (Å²) in [6.07, 6.45) is 2.49. The van der Waals surface area contributed by atoms with Gasteiger partial charge in [-0.05, 0) is 24.1 Å². The van der Waals surface area contributed by atoms with Gasteiger partial charge in [0, 0.05) is 11.1 Å². The molecule has 112 valence electrons. The standard InChI is InChI=1S/C16H19NO4/c1-6-10(2)12-9-17-21-15(12)11-7-13(18-3)16(20-5)14(8-11)19-4/h7-9H,2,6H2,1,3-5H3. The number of ether oxygens (including phenoxy) is 3. The van der Waals surface area contributed by atoms with E-state index in [4.69, 9.17) is 18.7 Å². The molecule has 0 spiro atoms. The minimum Gasteiger partial charge on any atom is -0.493 e. The SMILES string of the molecule is C=C(CC)c1cnoc1-c1cc(OC)c(OC)c(OC)c1. The summed E-state index contributed by atoms with van der Waals surface area (Å²) in [6, 6.07) is 3.66. The fourth-order valence-electron chi connectivity index (χ4n) is 2.10. The van der Waals surface area contributed by atoms with Crippen LogP contribution in [0.4, 0.5) is 0 Å². The molecule has 0 amide bonds. The van der Waals surface area contributed by atoms with Crippen LogP contribution < -0.4 is 14.2 Å². The third kappa shape index (κ3) is 2.72. The first-order chi connectivity index (χ1) is 10.2. The van der Waals surface area contributed by atoms with E-state index in [1.165, 1.54) is 0 Å². The van der Waals surface area contributed by atoms with Crippen molar-refractivity contribution in [1.29, 1.82) is 0 Å². The molecule has 0 aliphatic rings. The van der Waals surface area contributed by atoms with E-state index in [0.717, 1.165) is 23.1 Å². The minimum atomic E-state index is 0.541. The summed E-state index contributed by atoms with van der Waals surface area (Å²) < 4.78 is 21.4. The van der Waals surface area contributed by atoms with Crippen LogP contribution in [0.25, 0.3) is 16.9 Å². The largest absolute Gasteiger partial charge is 0.493 e. The van der Waals surface area contributed by atoms with E-state index in [1.54, 1.807) is 27.5 Å². The first-order valence-corrected chi connectivity index (χ1v) is 6.59. The summed E-state index contributed by atoms with van der Waals surface area (Å²) in [5, 5.41) is 3.87. The van der Waals surface area contributed by atoms with Crippen LogP contribution in [0.1, 0.15) is 18.9 Å². The lowest BCUT2D eigenvalue weighted by atomic mass is 10.0. The second-order valence-corrected chi connectivity index (χ2v) is 4.44. The lowest BCUT2D eigenvalue weighted by Gasteiger charge is -2.13. The summed E-state index contributed by atoms with van der Waals surface area (Å²) in [6.45, 7) is 6.07. The summed E-state index contributed by atoms with van der Waals surface area (Å²) in [5.74, 6) is 2.31. The zero-order valence-corrected chi connectivity index (χ0v) is 12.7. The first kappa shape index (κ1) is 15.0. The van der Waals surface area contributed by atoms with Gasteiger partial charge in [-0.2, -0.15) is 0 Å². The lowest BCUT2D eigenvalue weighted by molar-refractivity contribution is 0.324. The van der Waals surface area contributed by atoms with Crippen LogP contribution in [0, 0.1) is 0 Å². The Kier molecular flexibility index (Phi) is 4.52. The Bertz CT molecular complexity index is 620. The number of allylic oxidation sites excluding steroid dienone is 1. The highest BCUT2D eigenvalue weighted by atomic mass is 16.5. The molecule has 0 radical (unpaired) electrons. The van der Waals surface area contributed by atoms with Crippen LogP contribution in [0.3, 0.4) is 0 Å². The average Bonchev–Trinajstić information content (AvgIpc) is 3.02. The number of aromatic nitrogens is 1. The fourth-order valence-corrected chi connectivity index (χ4v) is 2.10. The second-order valence-electron chi connectivity index (χ2n) is 4.44. The van der Waals surface area contributed by atoms with Crippen molar-refractivity contribution < 1.29 is 18.7 Å². The zero-order valence-electron chi connectivity index (χ0n) is 12.7. The van der Waals surface area contributed by atoms with E-state index in [9.17, 15) is 0 Å². The molecular formula is C16H19NO4. The van der Waals surface area contributed by atoms with Crippen molar-refractivity contribution in [3.05, 3.63) is 30.5 Å². The molecule has 0 N–H and O–H groups in total. The predicted molar refractivity (Wildman–Crippen MR) is 80.9 cm³/mol. The van der Waals surface area contributed by atoms with Gasteiger partial charge in [-0.15, -0.1) is 0 Å². The number of hydrogen-bond donors (Lipinski definition) is 0. The molecule has 0 unspecified atom stereocenters. The molecule has 0 saturated heterocycles. The molecule has 1 aromatic carbocycles. The van der Waals surface area contributed by atoms with E-state index in [-0.39, 0.29) is 0 Å². The normalized spacial score (nSPS) is 10.3. The van der Waals surface area contributed by atoms with Gasteiger partial charge in [0.15, 0.2) is 17.3 Å². The number of hydrogen-bond acceptors (Lipinski definition) is 5. The molecule has 0 aliphatic heterocycles. The van der Waals surface area contributed by atoms with Gasteiger partial charge >= 0.3 is 0 Å². The Morgan fingerprint density at radius 1 is 1.14 bits per heavy atom. The number of benzene rings is 1. The van der Waals surface area contributed by atoms with Crippen LogP contribution >= 0.6 is 0 Å². The minimum absolute atomic E-state index is 0.541. The van der Waals surface area contributed by atoms with Crippen LogP contribution in [-0.4, -0.2) is 26.5 Å². The Morgan fingerprint density at radius 2 is 1.76 bits per heavy atom. The monoisotopic (exact) mass is 289 g/mol. The summed E-state index contributed by atoms with van der Waals surface area (Å²) in [7, 11) is 4.72. The molecule has 0 atom stereocenters. The van der Waals surface area contributed by atoms with Crippen molar-refractivity contribution in [2.75, 3.05) is 21.3 Å². The quantitative estimate of drug-likeness (QED) is 0.809. The van der Waals surface area contributed by atoms with Crippen molar-refractivity contribution in [3.8, 4) is 28.6 Å². The maximum Gasteiger partial charge on any atom is 0.203 e. The predicted octanol–water partition coefficient (Wildman–Crippen LogP) is 3.79. The van der Waals surface area contributed by atoms with E-state index < -0.39 is 0 Å². The van der Waals surface area contributed by atoms with Gasteiger partial charge < -0.3 is 18.7 Å². The van der Waals surface area contributed by atoms with Gasteiger partial charge in [-0.1, -0.05) is 18.7 Å². The molecule has 0 bridgehead atoms. The molecule has 21 heavy (non-hydrogen) atoms. The van der Waals surface area contributed by atoms with E-state index in [2.05, 4.69) is 11.7 Å². The fraction of sp³-hybridized carbons (Fsp3) is 0.312. The van der Waals surface area contributed by atoms with Gasteiger partial charge in [-0.3, -0.25) is 0 Å². The third-order valence-corrected chi connectivity index (χ3v) is 3.31. The van der Waals surface area contributed by atoms with Gasteiger partial charge in [-0.25, -0.2) is 0 Å². The smallest absolute Gasteiger partial charge is 0.203 e. The second kappa shape index (κ2) is 6.35. The highest BCUT2D eigenvalue weighted by Crippen LogP contribution is 2.42.